The molecular formula is C28H24Br2N2O5. The molecule has 0 spiro atoms. The van der Waals surface area contributed by atoms with Crippen LogP contribution in [-0.2, 0) is 16.1 Å². The summed E-state index contributed by atoms with van der Waals surface area (Å²) >= 11 is 6.98. The van der Waals surface area contributed by atoms with Gasteiger partial charge in [0.25, 0.3) is 0 Å². The summed E-state index contributed by atoms with van der Waals surface area (Å²) in [6.07, 6.45) is 0. The topological polar surface area (TPSA) is 84.9 Å². The molecule has 9 heteroatoms. The van der Waals surface area contributed by atoms with Gasteiger partial charge in [0.15, 0.2) is 5.78 Å². The van der Waals surface area contributed by atoms with Crippen molar-refractivity contribution in [2.75, 3.05) is 14.2 Å². The summed E-state index contributed by atoms with van der Waals surface area (Å²) in [6.45, 7) is 1.73. The van der Waals surface area contributed by atoms with Crippen molar-refractivity contribution in [1.82, 2.24) is 10.2 Å². The molecular weight excluding hydrogens is 604 g/mol. The van der Waals surface area contributed by atoms with Crippen LogP contribution < -0.4 is 10.1 Å². The van der Waals surface area contributed by atoms with Gasteiger partial charge in [-0.15, -0.1) is 0 Å². The van der Waals surface area contributed by atoms with E-state index in [1.54, 1.807) is 30.2 Å². The van der Waals surface area contributed by atoms with Crippen molar-refractivity contribution in [3.8, 4) is 5.75 Å². The Morgan fingerprint density at radius 3 is 2.22 bits per heavy atom. The van der Waals surface area contributed by atoms with Gasteiger partial charge >= 0.3 is 12.0 Å². The van der Waals surface area contributed by atoms with Gasteiger partial charge < -0.3 is 14.8 Å². The van der Waals surface area contributed by atoms with Gasteiger partial charge in [-0.25, -0.2) is 9.59 Å². The lowest BCUT2D eigenvalue weighted by Crippen LogP contribution is -2.47. The van der Waals surface area contributed by atoms with Crippen LogP contribution in [0.3, 0.4) is 0 Å². The number of nitrogens with zero attached hydrogens (tertiary/aromatic N) is 1. The van der Waals surface area contributed by atoms with E-state index in [0.717, 1.165) is 15.6 Å². The highest BCUT2D eigenvalue weighted by atomic mass is 79.9. The lowest BCUT2D eigenvalue weighted by Gasteiger charge is -2.37. The second kappa shape index (κ2) is 11.3. The number of hydrogen-bond acceptors (Lipinski definition) is 5. The molecule has 1 unspecified atom stereocenters. The van der Waals surface area contributed by atoms with E-state index < -0.39 is 12.0 Å². The van der Waals surface area contributed by atoms with E-state index in [0.29, 0.717) is 32.6 Å². The largest absolute Gasteiger partial charge is 0.497 e. The molecule has 0 radical (unpaired) electrons. The summed E-state index contributed by atoms with van der Waals surface area (Å²) in [4.78, 5) is 40.4. The fourth-order valence-electron chi connectivity index (χ4n) is 4.25. The second-order valence-electron chi connectivity index (χ2n) is 8.37. The summed E-state index contributed by atoms with van der Waals surface area (Å²) in [5, 5.41) is 3.00. The van der Waals surface area contributed by atoms with E-state index in [2.05, 4.69) is 37.2 Å². The van der Waals surface area contributed by atoms with Crippen LogP contribution in [0.2, 0.25) is 0 Å². The summed E-state index contributed by atoms with van der Waals surface area (Å²) in [5.41, 5.74) is 3.54. The zero-order valence-corrected chi connectivity index (χ0v) is 23.6. The Morgan fingerprint density at radius 1 is 0.973 bits per heavy atom. The molecule has 1 aliphatic heterocycles. The van der Waals surface area contributed by atoms with Gasteiger partial charge in [0.2, 0.25) is 0 Å². The molecule has 7 nitrogen and oxygen atoms in total. The van der Waals surface area contributed by atoms with Gasteiger partial charge in [0.1, 0.15) is 5.75 Å². The quantitative estimate of drug-likeness (QED) is 0.312. The van der Waals surface area contributed by atoms with Crippen LogP contribution in [0.1, 0.15) is 40.0 Å². The van der Waals surface area contributed by atoms with Crippen LogP contribution in [0.15, 0.2) is 81.2 Å². The van der Waals surface area contributed by atoms with E-state index in [-0.39, 0.29) is 18.4 Å². The molecule has 4 rings (SSSR count). The van der Waals surface area contributed by atoms with Crippen molar-refractivity contribution >= 4 is 55.3 Å². The fraction of sp³-hybridized carbons (Fsp3) is 0.179. The number of hydrogen-bond donors (Lipinski definition) is 1. The van der Waals surface area contributed by atoms with Crippen LogP contribution in [0.5, 0.6) is 5.75 Å². The lowest BCUT2D eigenvalue weighted by molar-refractivity contribution is -0.114. The zero-order valence-electron chi connectivity index (χ0n) is 20.4. The molecule has 0 bridgehead atoms. The average Bonchev–Trinajstić information content (AvgIpc) is 2.89. The molecule has 1 atom stereocenters. The number of methoxy groups -OCH3 is 2. The molecule has 0 fully saturated rings. The fourth-order valence-corrected chi connectivity index (χ4v) is 5.12. The van der Waals surface area contributed by atoms with Crippen molar-refractivity contribution in [3.05, 3.63) is 104 Å². The molecule has 0 saturated heterocycles. The Bertz CT molecular complexity index is 1380. The molecule has 1 aliphatic rings. The van der Waals surface area contributed by atoms with E-state index in [1.807, 2.05) is 48.5 Å². The smallest absolute Gasteiger partial charge is 0.337 e. The number of benzene rings is 3. The molecule has 37 heavy (non-hydrogen) atoms. The maximum atomic E-state index is 13.6. The Morgan fingerprint density at radius 2 is 1.65 bits per heavy atom. The maximum absolute atomic E-state index is 13.6. The summed E-state index contributed by atoms with van der Waals surface area (Å²) in [7, 11) is 2.90. The van der Waals surface area contributed by atoms with Gasteiger partial charge in [0.05, 0.1) is 38.1 Å². The number of rotatable bonds is 7. The monoisotopic (exact) mass is 626 g/mol. The van der Waals surface area contributed by atoms with Crippen LogP contribution in [-0.4, -0.2) is 36.9 Å². The highest BCUT2D eigenvalue weighted by Crippen LogP contribution is 2.40. The Kier molecular flexibility index (Phi) is 8.14. The number of Topliss-reactive ketones (excluding diaryl/α,β-unsaturated/α-hetero) is 1. The van der Waals surface area contributed by atoms with Gasteiger partial charge in [0, 0.05) is 14.5 Å². The third kappa shape index (κ3) is 5.62. The molecule has 1 heterocycles. The number of nitrogens with one attached hydrogen (secondary N) is 1. The molecule has 0 saturated carbocycles. The van der Waals surface area contributed by atoms with E-state index in [9.17, 15) is 14.4 Å². The molecule has 3 aromatic carbocycles. The molecule has 1 N–H and O–H groups in total. The normalized spacial score (nSPS) is 15.3. The first-order valence-electron chi connectivity index (χ1n) is 11.3. The number of carbonyl (C=O) groups is 3. The van der Waals surface area contributed by atoms with E-state index in [1.165, 1.54) is 14.0 Å². The lowest BCUT2D eigenvalue weighted by atomic mass is 9.89. The predicted octanol–water partition coefficient (Wildman–Crippen LogP) is 6.27. The predicted molar refractivity (Wildman–Crippen MR) is 147 cm³/mol. The SMILES string of the molecule is COC(=O)c1ccc(C2NC(=O)N(Cc3ccc(OC)cc3)C(c3ccc(Br)cc3)=C2C(C)=O)c(Br)c1. The number of ether oxygens (including phenoxy) is 2. The Labute approximate surface area is 231 Å². The third-order valence-electron chi connectivity index (χ3n) is 6.06. The highest BCUT2D eigenvalue weighted by Gasteiger charge is 2.37. The van der Waals surface area contributed by atoms with E-state index >= 15 is 0 Å². The minimum absolute atomic E-state index is 0.188. The minimum Gasteiger partial charge on any atom is -0.497 e. The van der Waals surface area contributed by atoms with Crippen molar-refractivity contribution in [1.29, 1.82) is 0 Å². The Hall–Kier alpha value is -3.43. The Balaban J connectivity index is 1.88. The third-order valence-corrected chi connectivity index (χ3v) is 7.27. The van der Waals surface area contributed by atoms with Crippen molar-refractivity contribution in [2.24, 2.45) is 0 Å². The second-order valence-corrected chi connectivity index (χ2v) is 10.1. The number of ketones is 1. The molecule has 0 aliphatic carbocycles. The van der Waals surface area contributed by atoms with Crippen LogP contribution in [0.25, 0.3) is 5.70 Å². The number of amides is 2. The van der Waals surface area contributed by atoms with Crippen molar-refractivity contribution < 1.29 is 23.9 Å². The summed E-state index contributed by atoms with van der Waals surface area (Å²) in [5.74, 6) is 0.0373. The molecule has 190 valence electrons. The van der Waals surface area contributed by atoms with Crippen LogP contribution >= 0.6 is 31.9 Å². The van der Waals surface area contributed by atoms with Gasteiger partial charge in [-0.2, -0.15) is 0 Å². The van der Waals surface area contributed by atoms with E-state index in [4.69, 9.17) is 9.47 Å². The van der Waals surface area contributed by atoms with Gasteiger partial charge in [-0.05, 0) is 60.0 Å². The van der Waals surface area contributed by atoms with Crippen molar-refractivity contribution in [3.63, 3.8) is 0 Å². The van der Waals surface area contributed by atoms with Crippen LogP contribution in [0.4, 0.5) is 4.79 Å². The van der Waals surface area contributed by atoms with Gasteiger partial charge in [-0.1, -0.05) is 62.2 Å². The highest BCUT2D eigenvalue weighted by molar-refractivity contribution is 9.10. The number of esters is 1. The standard InChI is InChI=1S/C28H24Br2N2O5/c1-16(33)24-25(22-13-8-19(14-23(22)30)27(34)37-3)31-28(35)32(15-17-4-11-21(36-2)12-5-17)26(24)18-6-9-20(29)10-7-18/h4-14,25H,15H2,1-3H3,(H,31,35). The number of carbonyl (C=O) groups excluding carboxylic acids is 3. The molecule has 3 aromatic rings. The van der Waals surface area contributed by atoms with Gasteiger partial charge in [-0.3, -0.25) is 9.69 Å². The number of halogens is 2. The minimum atomic E-state index is -0.739. The summed E-state index contributed by atoms with van der Waals surface area (Å²) < 4.78 is 11.5. The first-order chi connectivity index (χ1) is 17.7. The first kappa shape index (κ1) is 26.6. The van der Waals surface area contributed by atoms with Crippen LogP contribution in [0, 0.1) is 0 Å². The molecule has 2 amide bonds. The maximum Gasteiger partial charge on any atom is 0.337 e. The molecule has 0 aromatic heterocycles. The van der Waals surface area contributed by atoms with Crippen molar-refractivity contribution in [2.45, 2.75) is 19.5 Å². The summed E-state index contributed by atoms with van der Waals surface area (Å²) in [6, 6.07) is 18.7. The first-order valence-corrected chi connectivity index (χ1v) is 12.9. The number of urea groups is 1. The zero-order chi connectivity index (χ0) is 26.7. The average molecular weight is 628 g/mol.